The molecule has 0 spiro atoms. The molecule has 0 bridgehead atoms. The highest BCUT2D eigenvalue weighted by Gasteiger charge is 2.31. The van der Waals surface area contributed by atoms with Crippen LogP contribution in [0.25, 0.3) is 0 Å². The first-order valence-electron chi connectivity index (χ1n) is 6.98. The van der Waals surface area contributed by atoms with Crippen LogP contribution in [0.15, 0.2) is 23.1 Å². The Kier molecular flexibility index (Phi) is 7.94. The van der Waals surface area contributed by atoms with Crippen LogP contribution in [0.3, 0.4) is 0 Å². The molecule has 140 valence electrons. The van der Waals surface area contributed by atoms with Crippen LogP contribution in [0, 0.1) is 0 Å². The van der Waals surface area contributed by atoms with E-state index in [0.717, 1.165) is 12.1 Å². The first-order valence-corrected chi connectivity index (χ1v) is 7.97. The average molecular weight is 386 g/mol. The number of anilines is 1. The third kappa shape index (κ3) is 8.05. The molecular weight excluding hydrogens is 371 g/mol. The number of rotatable bonds is 8. The maximum absolute atomic E-state index is 12.8. The van der Waals surface area contributed by atoms with E-state index in [1.165, 1.54) is 0 Å². The zero-order chi connectivity index (χ0) is 19.0. The molecule has 5 nitrogen and oxygen atoms in total. The lowest BCUT2D eigenvalue weighted by Crippen LogP contribution is -2.30. The average Bonchev–Trinajstić information content (AvgIpc) is 2.49. The predicted molar refractivity (Wildman–Crippen MR) is 82.1 cm³/mol. The Morgan fingerprint density at radius 2 is 1.92 bits per heavy atom. The van der Waals surface area contributed by atoms with E-state index >= 15 is 0 Å². The van der Waals surface area contributed by atoms with Gasteiger partial charge in [0.15, 0.2) is 0 Å². The standard InChI is InChI=1S/C14H15F5N2O3S/c15-11(16)7-25-10-4-3-8(14(17,18)19)6-9(10)21-13(24)20-5-1-2-12(22)23/h3-4,6,11H,1-2,5,7H2,(H,22,23)(H2,20,21,24). The summed E-state index contributed by atoms with van der Waals surface area (Å²) < 4.78 is 62.9. The summed E-state index contributed by atoms with van der Waals surface area (Å²) in [7, 11) is 0. The first-order chi connectivity index (χ1) is 11.6. The van der Waals surface area contributed by atoms with Gasteiger partial charge in [0.25, 0.3) is 0 Å². The van der Waals surface area contributed by atoms with Gasteiger partial charge in [-0.2, -0.15) is 13.2 Å². The van der Waals surface area contributed by atoms with E-state index in [4.69, 9.17) is 5.11 Å². The fourth-order valence-electron chi connectivity index (χ4n) is 1.69. The molecule has 1 rings (SSSR count). The fraction of sp³-hybridized carbons (Fsp3) is 0.429. The molecule has 1 aromatic carbocycles. The molecule has 0 saturated heterocycles. The number of aliphatic carboxylic acids is 1. The van der Waals surface area contributed by atoms with E-state index < -0.39 is 35.9 Å². The van der Waals surface area contributed by atoms with Gasteiger partial charge in [-0.1, -0.05) is 0 Å². The van der Waals surface area contributed by atoms with Crippen molar-refractivity contribution in [2.45, 2.75) is 30.3 Å². The van der Waals surface area contributed by atoms with Crippen molar-refractivity contribution in [1.29, 1.82) is 0 Å². The summed E-state index contributed by atoms with van der Waals surface area (Å²) in [6.45, 7) is -0.00337. The molecule has 25 heavy (non-hydrogen) atoms. The fourth-order valence-corrected chi connectivity index (χ4v) is 2.43. The highest BCUT2D eigenvalue weighted by atomic mass is 32.2. The van der Waals surface area contributed by atoms with Crippen molar-refractivity contribution < 1.29 is 36.6 Å². The number of nitrogens with one attached hydrogen (secondary N) is 2. The number of carboxylic acid groups (broad SMARTS) is 1. The number of thioether (sulfide) groups is 1. The maximum atomic E-state index is 12.8. The molecule has 0 aliphatic carbocycles. The highest BCUT2D eigenvalue weighted by Crippen LogP contribution is 2.36. The molecule has 0 heterocycles. The van der Waals surface area contributed by atoms with Gasteiger partial charge in [0.2, 0.25) is 6.43 Å². The molecule has 2 amide bonds. The summed E-state index contributed by atoms with van der Waals surface area (Å²) in [5, 5.41) is 12.9. The van der Waals surface area contributed by atoms with Gasteiger partial charge in [-0.05, 0) is 24.6 Å². The Morgan fingerprint density at radius 1 is 1.24 bits per heavy atom. The lowest BCUT2D eigenvalue weighted by Gasteiger charge is -2.14. The van der Waals surface area contributed by atoms with Crippen LogP contribution in [0.5, 0.6) is 0 Å². The second-order valence-corrected chi connectivity index (χ2v) is 5.85. The minimum absolute atomic E-state index is 0.00337. The van der Waals surface area contributed by atoms with Crippen molar-refractivity contribution in [2.24, 2.45) is 0 Å². The number of amides is 2. The van der Waals surface area contributed by atoms with E-state index in [9.17, 15) is 31.5 Å². The molecule has 3 N–H and O–H groups in total. The highest BCUT2D eigenvalue weighted by molar-refractivity contribution is 7.99. The largest absolute Gasteiger partial charge is 0.481 e. The summed E-state index contributed by atoms with van der Waals surface area (Å²) >= 11 is 0.611. The van der Waals surface area contributed by atoms with Crippen LogP contribution < -0.4 is 10.6 Å². The Balaban J connectivity index is 2.81. The molecule has 0 aliphatic rings. The molecule has 0 unspecified atom stereocenters. The third-order valence-corrected chi connectivity index (χ3v) is 3.86. The van der Waals surface area contributed by atoms with E-state index in [1.54, 1.807) is 0 Å². The van der Waals surface area contributed by atoms with Gasteiger partial charge in [0.05, 0.1) is 17.0 Å². The van der Waals surface area contributed by atoms with E-state index in [-0.39, 0.29) is 30.0 Å². The zero-order valence-electron chi connectivity index (χ0n) is 12.7. The van der Waals surface area contributed by atoms with Gasteiger partial charge in [0, 0.05) is 17.9 Å². The monoisotopic (exact) mass is 386 g/mol. The number of carboxylic acids is 1. The number of hydrogen-bond acceptors (Lipinski definition) is 3. The summed E-state index contributed by atoms with van der Waals surface area (Å²) in [5.74, 6) is -1.69. The van der Waals surface area contributed by atoms with E-state index in [1.807, 2.05) is 0 Å². The van der Waals surface area contributed by atoms with Crippen LogP contribution in [-0.4, -0.2) is 35.8 Å². The van der Waals surface area contributed by atoms with Gasteiger partial charge in [-0.25, -0.2) is 13.6 Å². The number of alkyl halides is 5. The minimum atomic E-state index is -4.65. The SMILES string of the molecule is O=C(O)CCCNC(=O)Nc1cc(C(F)(F)F)ccc1SCC(F)F. The molecule has 0 atom stereocenters. The van der Waals surface area contributed by atoms with Gasteiger partial charge in [-0.3, -0.25) is 4.79 Å². The smallest absolute Gasteiger partial charge is 0.416 e. The van der Waals surface area contributed by atoms with Crippen molar-refractivity contribution in [3.63, 3.8) is 0 Å². The molecule has 0 fully saturated rings. The Morgan fingerprint density at radius 3 is 2.48 bits per heavy atom. The van der Waals surface area contributed by atoms with Crippen LogP contribution in [0.4, 0.5) is 32.4 Å². The molecule has 1 aromatic rings. The van der Waals surface area contributed by atoms with Gasteiger partial charge < -0.3 is 15.7 Å². The lowest BCUT2D eigenvalue weighted by atomic mass is 10.2. The third-order valence-electron chi connectivity index (χ3n) is 2.77. The van der Waals surface area contributed by atoms with Crippen LogP contribution in [-0.2, 0) is 11.0 Å². The van der Waals surface area contributed by atoms with E-state index in [0.29, 0.717) is 17.8 Å². The summed E-state index contributed by atoms with van der Waals surface area (Å²) in [6.07, 6.45) is -7.36. The topological polar surface area (TPSA) is 78.4 Å². The first kappa shape index (κ1) is 21.0. The van der Waals surface area contributed by atoms with Crippen LogP contribution >= 0.6 is 11.8 Å². The van der Waals surface area contributed by atoms with Crippen molar-refractivity contribution in [3.05, 3.63) is 23.8 Å². The molecule has 0 aromatic heterocycles. The molecule has 0 aliphatic heterocycles. The lowest BCUT2D eigenvalue weighted by molar-refractivity contribution is -0.138. The van der Waals surface area contributed by atoms with Crippen LogP contribution in [0.1, 0.15) is 18.4 Å². The molecule has 0 radical (unpaired) electrons. The number of urea groups is 1. The number of carbonyl (C=O) groups excluding carboxylic acids is 1. The van der Waals surface area contributed by atoms with Gasteiger partial charge >= 0.3 is 18.2 Å². The second kappa shape index (κ2) is 9.44. The zero-order valence-corrected chi connectivity index (χ0v) is 13.5. The van der Waals surface area contributed by atoms with Crippen molar-refractivity contribution >= 4 is 29.4 Å². The summed E-state index contributed by atoms with van der Waals surface area (Å²) in [5.41, 5.74) is -1.29. The van der Waals surface area contributed by atoms with Crippen molar-refractivity contribution in [1.82, 2.24) is 5.32 Å². The minimum Gasteiger partial charge on any atom is -0.481 e. The maximum Gasteiger partial charge on any atom is 0.416 e. The number of benzene rings is 1. The quantitative estimate of drug-likeness (QED) is 0.358. The number of halogens is 5. The Labute approximate surface area is 144 Å². The Bertz CT molecular complexity index is 611. The second-order valence-electron chi connectivity index (χ2n) is 4.79. The normalized spacial score (nSPS) is 11.4. The van der Waals surface area contributed by atoms with Gasteiger partial charge in [-0.15, -0.1) is 11.8 Å². The number of hydrogen-bond donors (Lipinski definition) is 3. The van der Waals surface area contributed by atoms with Crippen LogP contribution in [0.2, 0.25) is 0 Å². The Hall–Kier alpha value is -2.04. The molecular formula is C14H15F5N2O3S. The van der Waals surface area contributed by atoms with Crippen molar-refractivity contribution in [2.75, 3.05) is 17.6 Å². The van der Waals surface area contributed by atoms with Gasteiger partial charge in [0.1, 0.15) is 0 Å². The summed E-state index contributed by atoms with van der Waals surface area (Å²) in [6, 6.07) is 1.55. The molecule has 0 saturated carbocycles. The number of carbonyl (C=O) groups is 2. The van der Waals surface area contributed by atoms with Crippen molar-refractivity contribution in [3.8, 4) is 0 Å². The molecule has 11 heteroatoms. The predicted octanol–water partition coefficient (Wildman–Crippen LogP) is 4.05. The summed E-state index contributed by atoms with van der Waals surface area (Å²) in [4.78, 5) is 22.1. The van der Waals surface area contributed by atoms with E-state index in [2.05, 4.69) is 10.6 Å².